The molecule has 3 aromatic rings. The Labute approximate surface area is 128 Å². The van der Waals surface area contributed by atoms with E-state index in [0.717, 1.165) is 15.6 Å². The molecule has 1 heterocycles. The molecular weight excluding hydrogens is 336 g/mol. The molecule has 0 aliphatic heterocycles. The molecule has 0 saturated carbocycles. The molecule has 0 radical (unpaired) electrons. The van der Waals surface area contributed by atoms with E-state index < -0.39 is 4.92 Å². The summed E-state index contributed by atoms with van der Waals surface area (Å²) in [6, 6.07) is 15.7. The molecule has 0 amide bonds. The first-order valence-corrected chi connectivity index (χ1v) is 6.90. The van der Waals surface area contributed by atoms with Crippen LogP contribution in [0.5, 0.6) is 0 Å². The second-order valence-electron chi connectivity index (χ2n) is 4.39. The van der Waals surface area contributed by atoms with Crippen molar-refractivity contribution in [3.8, 4) is 22.6 Å². The maximum atomic E-state index is 10.6. The van der Waals surface area contributed by atoms with Gasteiger partial charge in [0, 0.05) is 33.8 Å². The number of halogens is 1. The summed E-state index contributed by atoms with van der Waals surface area (Å²) in [6.07, 6.45) is 0. The second-order valence-corrected chi connectivity index (χ2v) is 5.30. The molecule has 0 saturated heterocycles. The summed E-state index contributed by atoms with van der Waals surface area (Å²) in [5.41, 5.74) is 2.38. The zero-order valence-electron chi connectivity index (χ0n) is 10.7. The maximum absolute atomic E-state index is 10.6. The van der Waals surface area contributed by atoms with Gasteiger partial charge in [-0.05, 0) is 24.3 Å². The summed E-state index contributed by atoms with van der Waals surface area (Å²) in [7, 11) is 0. The molecule has 3 rings (SSSR count). The first-order valence-electron chi connectivity index (χ1n) is 6.11. The van der Waals surface area contributed by atoms with Crippen LogP contribution in [0.15, 0.2) is 63.6 Å². The Morgan fingerprint density at radius 1 is 1.00 bits per heavy atom. The number of nitrogens with zero attached hydrogens (tertiary/aromatic N) is 2. The summed E-state index contributed by atoms with van der Waals surface area (Å²) in [5, 5.41) is 14.6. The fourth-order valence-corrected chi connectivity index (χ4v) is 2.18. The van der Waals surface area contributed by atoms with Gasteiger partial charge in [-0.1, -0.05) is 33.2 Å². The molecule has 21 heavy (non-hydrogen) atoms. The van der Waals surface area contributed by atoms with Gasteiger partial charge in [-0.25, -0.2) is 0 Å². The van der Waals surface area contributed by atoms with Crippen LogP contribution in [0.1, 0.15) is 0 Å². The molecule has 1 aromatic heterocycles. The molecule has 104 valence electrons. The lowest BCUT2D eigenvalue weighted by Crippen LogP contribution is -1.87. The summed E-state index contributed by atoms with van der Waals surface area (Å²) < 4.78 is 6.31. The number of nitro benzene ring substituents is 1. The third-order valence-corrected chi connectivity index (χ3v) is 3.54. The number of hydrogen-bond acceptors (Lipinski definition) is 4. The van der Waals surface area contributed by atoms with Crippen LogP contribution in [-0.2, 0) is 0 Å². The van der Waals surface area contributed by atoms with Gasteiger partial charge in [-0.2, -0.15) is 0 Å². The topological polar surface area (TPSA) is 69.2 Å². The van der Waals surface area contributed by atoms with Gasteiger partial charge in [0.05, 0.1) is 4.92 Å². The van der Waals surface area contributed by atoms with Crippen molar-refractivity contribution in [2.45, 2.75) is 0 Å². The van der Waals surface area contributed by atoms with Gasteiger partial charge in [-0.3, -0.25) is 10.1 Å². The number of rotatable bonds is 3. The fourth-order valence-electron chi connectivity index (χ4n) is 1.92. The zero-order valence-corrected chi connectivity index (χ0v) is 12.3. The van der Waals surface area contributed by atoms with Crippen molar-refractivity contribution in [3.05, 3.63) is 69.2 Å². The SMILES string of the molecule is O=[N+]([O-])c1ccc(-c2cc(-c3ccc(Br)cc3)on2)cc1. The van der Waals surface area contributed by atoms with Crippen LogP contribution in [0.3, 0.4) is 0 Å². The lowest BCUT2D eigenvalue weighted by molar-refractivity contribution is -0.384. The molecule has 0 spiro atoms. The molecular formula is C15H9BrN2O3. The maximum Gasteiger partial charge on any atom is 0.269 e. The minimum atomic E-state index is -0.431. The van der Waals surface area contributed by atoms with Gasteiger partial charge in [-0.15, -0.1) is 0 Å². The minimum Gasteiger partial charge on any atom is -0.356 e. The average molecular weight is 345 g/mol. The monoisotopic (exact) mass is 344 g/mol. The van der Waals surface area contributed by atoms with E-state index in [1.54, 1.807) is 12.1 Å². The van der Waals surface area contributed by atoms with Crippen molar-refractivity contribution < 1.29 is 9.45 Å². The third kappa shape index (κ3) is 2.85. The Bertz CT molecular complexity index is 779. The number of aromatic nitrogens is 1. The molecule has 0 unspecified atom stereocenters. The average Bonchev–Trinajstić information content (AvgIpc) is 2.98. The normalized spacial score (nSPS) is 10.5. The van der Waals surface area contributed by atoms with Crippen molar-refractivity contribution in [2.24, 2.45) is 0 Å². The molecule has 0 aliphatic rings. The van der Waals surface area contributed by atoms with E-state index in [2.05, 4.69) is 21.1 Å². The van der Waals surface area contributed by atoms with Gasteiger partial charge in [0.15, 0.2) is 5.76 Å². The highest BCUT2D eigenvalue weighted by Gasteiger charge is 2.10. The van der Waals surface area contributed by atoms with Crippen LogP contribution in [0, 0.1) is 10.1 Å². The van der Waals surface area contributed by atoms with E-state index in [4.69, 9.17) is 4.52 Å². The molecule has 0 fully saturated rings. The summed E-state index contributed by atoms with van der Waals surface area (Å²) >= 11 is 3.38. The Morgan fingerprint density at radius 2 is 1.62 bits per heavy atom. The molecule has 0 aliphatic carbocycles. The molecule has 5 nitrogen and oxygen atoms in total. The van der Waals surface area contributed by atoms with Crippen molar-refractivity contribution >= 4 is 21.6 Å². The van der Waals surface area contributed by atoms with Gasteiger partial charge >= 0.3 is 0 Å². The van der Waals surface area contributed by atoms with Crippen molar-refractivity contribution in [2.75, 3.05) is 0 Å². The quantitative estimate of drug-likeness (QED) is 0.511. The van der Waals surface area contributed by atoms with Crippen LogP contribution >= 0.6 is 15.9 Å². The van der Waals surface area contributed by atoms with Crippen LogP contribution in [0.2, 0.25) is 0 Å². The summed E-state index contributed by atoms with van der Waals surface area (Å²) in [6.45, 7) is 0. The van der Waals surface area contributed by atoms with Gasteiger partial charge in [0.25, 0.3) is 5.69 Å². The predicted octanol–water partition coefficient (Wildman–Crippen LogP) is 4.68. The van der Waals surface area contributed by atoms with E-state index in [1.165, 1.54) is 12.1 Å². The molecule has 2 aromatic carbocycles. The van der Waals surface area contributed by atoms with Gasteiger partial charge in [0.2, 0.25) is 0 Å². The number of hydrogen-bond donors (Lipinski definition) is 0. The lowest BCUT2D eigenvalue weighted by atomic mass is 10.1. The molecule has 0 N–H and O–H groups in total. The lowest BCUT2D eigenvalue weighted by Gasteiger charge is -1.95. The Hall–Kier alpha value is -2.47. The Morgan fingerprint density at radius 3 is 2.24 bits per heavy atom. The Balaban J connectivity index is 1.90. The molecule has 0 atom stereocenters. The van der Waals surface area contributed by atoms with Crippen molar-refractivity contribution in [1.29, 1.82) is 0 Å². The highest BCUT2D eigenvalue weighted by molar-refractivity contribution is 9.10. The van der Waals surface area contributed by atoms with Crippen molar-refractivity contribution in [3.63, 3.8) is 0 Å². The van der Waals surface area contributed by atoms with E-state index in [9.17, 15) is 10.1 Å². The number of non-ortho nitro benzene ring substituents is 1. The minimum absolute atomic E-state index is 0.0513. The Kier molecular flexibility index (Phi) is 3.53. The first-order chi connectivity index (χ1) is 10.1. The summed E-state index contributed by atoms with van der Waals surface area (Å²) in [4.78, 5) is 10.2. The number of nitro groups is 1. The largest absolute Gasteiger partial charge is 0.356 e. The van der Waals surface area contributed by atoms with Gasteiger partial charge < -0.3 is 4.52 Å². The predicted molar refractivity (Wildman–Crippen MR) is 81.7 cm³/mol. The number of benzene rings is 2. The molecule has 6 heteroatoms. The van der Waals surface area contributed by atoms with Crippen molar-refractivity contribution in [1.82, 2.24) is 5.16 Å². The van der Waals surface area contributed by atoms with Gasteiger partial charge in [0.1, 0.15) is 5.69 Å². The van der Waals surface area contributed by atoms with E-state index in [1.807, 2.05) is 30.3 Å². The van der Waals surface area contributed by atoms with Crippen LogP contribution in [0.4, 0.5) is 5.69 Å². The second kappa shape index (κ2) is 5.49. The highest BCUT2D eigenvalue weighted by atomic mass is 79.9. The van der Waals surface area contributed by atoms with E-state index in [-0.39, 0.29) is 5.69 Å². The van der Waals surface area contributed by atoms with E-state index in [0.29, 0.717) is 11.5 Å². The standard InChI is InChI=1S/C15H9BrN2O3/c16-12-5-1-11(2-6-12)15-9-14(17-21-15)10-3-7-13(8-4-10)18(19)20/h1-9H. The fraction of sp³-hybridized carbons (Fsp3) is 0. The third-order valence-electron chi connectivity index (χ3n) is 3.01. The van der Waals surface area contributed by atoms with E-state index >= 15 is 0 Å². The van der Waals surface area contributed by atoms with Crippen LogP contribution < -0.4 is 0 Å². The molecule has 0 bridgehead atoms. The first kappa shape index (κ1) is 13.5. The highest BCUT2D eigenvalue weighted by Crippen LogP contribution is 2.27. The smallest absolute Gasteiger partial charge is 0.269 e. The zero-order chi connectivity index (χ0) is 14.8. The van der Waals surface area contributed by atoms with Crippen LogP contribution in [0.25, 0.3) is 22.6 Å². The van der Waals surface area contributed by atoms with Crippen LogP contribution in [-0.4, -0.2) is 10.1 Å². The summed E-state index contributed by atoms with van der Waals surface area (Å²) in [5.74, 6) is 0.649.